The third kappa shape index (κ3) is 1.44. The molecule has 0 radical (unpaired) electrons. The monoisotopic (exact) mass is 153 g/mol. The van der Waals surface area contributed by atoms with Crippen molar-refractivity contribution in [3.8, 4) is 0 Å². The molecule has 3 aliphatic rings. The van der Waals surface area contributed by atoms with Crippen LogP contribution in [0.1, 0.15) is 32.6 Å². The Bertz CT molecular complexity index is 142. The number of fused-ring (bicyclic) bond motifs is 4. The molecule has 1 saturated carbocycles. The molecule has 11 heavy (non-hydrogen) atoms. The highest BCUT2D eigenvalue weighted by Gasteiger charge is 2.31. The largest absolute Gasteiger partial charge is 0.303 e. The molecule has 1 heteroatoms. The van der Waals surface area contributed by atoms with Crippen LogP contribution in [0.2, 0.25) is 0 Å². The highest BCUT2D eigenvalue weighted by molar-refractivity contribution is 4.86. The van der Waals surface area contributed by atoms with E-state index in [1.165, 1.54) is 32.2 Å². The van der Waals surface area contributed by atoms with Gasteiger partial charge in [-0.15, -0.1) is 0 Å². The minimum Gasteiger partial charge on any atom is -0.303 e. The van der Waals surface area contributed by atoms with Gasteiger partial charge in [0.2, 0.25) is 0 Å². The van der Waals surface area contributed by atoms with Crippen LogP contribution in [-0.2, 0) is 0 Å². The average Bonchev–Trinajstić information content (AvgIpc) is 2.16. The highest BCUT2D eigenvalue weighted by atomic mass is 15.1. The molecule has 2 bridgehead atoms. The first-order valence-electron chi connectivity index (χ1n) is 4.96. The van der Waals surface area contributed by atoms with Gasteiger partial charge in [-0.1, -0.05) is 6.92 Å². The van der Waals surface area contributed by atoms with E-state index in [-0.39, 0.29) is 0 Å². The van der Waals surface area contributed by atoms with Crippen LogP contribution in [0, 0.1) is 11.8 Å². The Labute approximate surface area is 69.8 Å². The van der Waals surface area contributed by atoms with E-state index in [1.54, 1.807) is 0 Å². The second-order valence-corrected chi connectivity index (χ2v) is 4.61. The summed E-state index contributed by atoms with van der Waals surface area (Å²) in [6, 6.07) is 0.920. The van der Waals surface area contributed by atoms with E-state index < -0.39 is 0 Å². The summed E-state index contributed by atoms with van der Waals surface area (Å²) in [5.41, 5.74) is 0. The Balaban J connectivity index is 2.10. The maximum absolute atomic E-state index is 2.58. The molecule has 2 heterocycles. The van der Waals surface area contributed by atoms with Gasteiger partial charge in [0.15, 0.2) is 0 Å². The van der Waals surface area contributed by atoms with Crippen LogP contribution in [-0.4, -0.2) is 24.5 Å². The summed E-state index contributed by atoms with van der Waals surface area (Å²) in [6.45, 7) is 3.79. The summed E-state index contributed by atoms with van der Waals surface area (Å²) in [4.78, 5) is 2.58. The molecule has 0 aromatic heterocycles. The molecule has 3 unspecified atom stereocenters. The van der Waals surface area contributed by atoms with Crippen molar-refractivity contribution in [2.24, 2.45) is 11.8 Å². The van der Waals surface area contributed by atoms with E-state index in [4.69, 9.17) is 0 Å². The zero-order chi connectivity index (χ0) is 7.84. The van der Waals surface area contributed by atoms with Gasteiger partial charge in [-0.05, 0) is 44.6 Å². The van der Waals surface area contributed by atoms with Gasteiger partial charge in [0.05, 0.1) is 0 Å². The summed E-state index contributed by atoms with van der Waals surface area (Å²) in [7, 11) is 2.30. The van der Waals surface area contributed by atoms with Crippen LogP contribution in [0.4, 0.5) is 0 Å². The smallest absolute Gasteiger partial charge is 0.00949 e. The van der Waals surface area contributed by atoms with Crippen LogP contribution in [0.15, 0.2) is 0 Å². The SMILES string of the molecule is CC1CC2CCC(C1)N(C)C2. The molecule has 1 aliphatic carbocycles. The zero-order valence-electron chi connectivity index (χ0n) is 7.71. The molecule has 64 valence electrons. The van der Waals surface area contributed by atoms with Crippen molar-refractivity contribution in [1.82, 2.24) is 4.90 Å². The van der Waals surface area contributed by atoms with Gasteiger partial charge in [0.1, 0.15) is 0 Å². The van der Waals surface area contributed by atoms with E-state index in [1.807, 2.05) is 0 Å². The summed E-state index contributed by atoms with van der Waals surface area (Å²) in [5.74, 6) is 2.01. The van der Waals surface area contributed by atoms with Gasteiger partial charge in [0.25, 0.3) is 0 Å². The molecule has 1 nitrogen and oxygen atoms in total. The lowest BCUT2D eigenvalue weighted by molar-refractivity contribution is 0.157. The van der Waals surface area contributed by atoms with E-state index in [0.717, 1.165) is 17.9 Å². The molecular formula is C10H19N. The van der Waals surface area contributed by atoms with Crippen molar-refractivity contribution in [2.45, 2.75) is 38.6 Å². The van der Waals surface area contributed by atoms with Crippen molar-refractivity contribution >= 4 is 0 Å². The van der Waals surface area contributed by atoms with Crippen molar-refractivity contribution in [1.29, 1.82) is 0 Å². The molecule has 0 aromatic carbocycles. The topological polar surface area (TPSA) is 3.24 Å². The van der Waals surface area contributed by atoms with E-state index >= 15 is 0 Å². The van der Waals surface area contributed by atoms with Crippen molar-refractivity contribution in [2.75, 3.05) is 13.6 Å². The van der Waals surface area contributed by atoms with Gasteiger partial charge in [-0.2, -0.15) is 0 Å². The summed E-state index contributed by atoms with van der Waals surface area (Å²) >= 11 is 0. The van der Waals surface area contributed by atoms with Gasteiger partial charge >= 0.3 is 0 Å². The Kier molecular flexibility index (Phi) is 1.92. The van der Waals surface area contributed by atoms with Crippen LogP contribution in [0.3, 0.4) is 0 Å². The van der Waals surface area contributed by atoms with Gasteiger partial charge in [-0.3, -0.25) is 0 Å². The van der Waals surface area contributed by atoms with E-state index in [0.29, 0.717) is 0 Å². The molecule has 3 fully saturated rings. The van der Waals surface area contributed by atoms with Gasteiger partial charge in [0, 0.05) is 12.6 Å². The maximum Gasteiger partial charge on any atom is 0.00949 e. The summed E-state index contributed by atoms with van der Waals surface area (Å²) in [5, 5.41) is 0. The number of rotatable bonds is 0. The minimum atomic E-state index is 0.920. The molecular weight excluding hydrogens is 134 g/mol. The number of hydrogen-bond donors (Lipinski definition) is 0. The highest BCUT2D eigenvalue weighted by Crippen LogP contribution is 2.35. The Morgan fingerprint density at radius 2 is 2.00 bits per heavy atom. The number of hydrogen-bond acceptors (Lipinski definition) is 1. The van der Waals surface area contributed by atoms with Crippen molar-refractivity contribution in [3.63, 3.8) is 0 Å². The van der Waals surface area contributed by atoms with Crippen molar-refractivity contribution in [3.05, 3.63) is 0 Å². The molecule has 2 saturated heterocycles. The third-order valence-corrected chi connectivity index (χ3v) is 3.49. The molecule has 0 N–H and O–H groups in total. The number of nitrogens with zero attached hydrogens (tertiary/aromatic N) is 1. The number of piperidine rings is 1. The lowest BCUT2D eigenvalue weighted by Gasteiger charge is -2.33. The van der Waals surface area contributed by atoms with Gasteiger partial charge < -0.3 is 4.90 Å². The maximum atomic E-state index is 2.58. The van der Waals surface area contributed by atoms with Crippen LogP contribution >= 0.6 is 0 Å². The molecule has 0 aromatic rings. The van der Waals surface area contributed by atoms with E-state index in [2.05, 4.69) is 18.9 Å². The van der Waals surface area contributed by atoms with Crippen LogP contribution in [0.5, 0.6) is 0 Å². The second-order valence-electron chi connectivity index (χ2n) is 4.61. The van der Waals surface area contributed by atoms with Gasteiger partial charge in [-0.25, -0.2) is 0 Å². The Morgan fingerprint density at radius 1 is 1.18 bits per heavy atom. The predicted octanol–water partition coefficient (Wildman–Crippen LogP) is 2.13. The Hall–Kier alpha value is -0.0400. The summed E-state index contributed by atoms with van der Waals surface area (Å²) < 4.78 is 0. The third-order valence-electron chi connectivity index (χ3n) is 3.49. The summed E-state index contributed by atoms with van der Waals surface area (Å²) in [6.07, 6.45) is 5.90. The van der Waals surface area contributed by atoms with E-state index in [9.17, 15) is 0 Å². The minimum absolute atomic E-state index is 0.920. The second kappa shape index (κ2) is 2.78. The first kappa shape index (κ1) is 7.60. The first-order chi connectivity index (χ1) is 5.25. The predicted molar refractivity (Wildman–Crippen MR) is 47.5 cm³/mol. The molecule has 3 atom stereocenters. The molecule has 0 amide bonds. The Morgan fingerprint density at radius 3 is 2.73 bits per heavy atom. The zero-order valence-corrected chi connectivity index (χ0v) is 7.71. The normalized spacial score (nSPS) is 45.8. The standard InChI is InChI=1S/C10H19N/c1-8-5-9-3-4-10(6-8)11(2)7-9/h8-10H,3-7H2,1-2H3. The quantitative estimate of drug-likeness (QED) is 0.515. The van der Waals surface area contributed by atoms with Crippen LogP contribution < -0.4 is 0 Å². The lowest BCUT2D eigenvalue weighted by Crippen LogP contribution is -2.37. The fraction of sp³-hybridized carbons (Fsp3) is 1.00. The first-order valence-corrected chi connectivity index (χ1v) is 4.96. The van der Waals surface area contributed by atoms with Crippen molar-refractivity contribution < 1.29 is 0 Å². The lowest BCUT2D eigenvalue weighted by atomic mass is 9.94. The van der Waals surface area contributed by atoms with Crippen LogP contribution in [0.25, 0.3) is 0 Å². The fourth-order valence-electron chi connectivity index (χ4n) is 2.92. The average molecular weight is 153 g/mol. The molecule has 0 spiro atoms. The molecule has 2 aliphatic heterocycles. The fourth-order valence-corrected chi connectivity index (χ4v) is 2.92. The molecule has 3 rings (SSSR count).